The number of aliphatic hydroxyl groups is 1. The summed E-state index contributed by atoms with van der Waals surface area (Å²) in [6.07, 6.45) is 3.14. The van der Waals surface area contributed by atoms with E-state index in [1.807, 2.05) is 30.3 Å². The minimum Gasteiger partial charge on any atom is -0.388 e. The summed E-state index contributed by atoms with van der Waals surface area (Å²) in [4.78, 5) is 22.6. The van der Waals surface area contributed by atoms with E-state index in [2.05, 4.69) is 9.97 Å². The van der Waals surface area contributed by atoms with Gasteiger partial charge in [0.2, 0.25) is 0 Å². The van der Waals surface area contributed by atoms with Gasteiger partial charge in [-0.3, -0.25) is 14.8 Å². The number of benzene rings is 2. The zero-order chi connectivity index (χ0) is 16.9. The second-order valence-electron chi connectivity index (χ2n) is 5.70. The fourth-order valence-corrected chi connectivity index (χ4v) is 2.58. The van der Waals surface area contributed by atoms with E-state index in [0.29, 0.717) is 24.0 Å². The normalized spacial score (nSPS) is 12.1. The molecule has 0 aliphatic rings. The Labute approximate surface area is 140 Å². The van der Waals surface area contributed by atoms with Gasteiger partial charge < -0.3 is 10.0 Å². The Hall–Kier alpha value is -2.79. The van der Waals surface area contributed by atoms with Gasteiger partial charge in [0.05, 0.1) is 17.1 Å². The molecule has 24 heavy (non-hydrogen) atoms. The van der Waals surface area contributed by atoms with Crippen LogP contribution in [-0.4, -0.2) is 39.5 Å². The third kappa shape index (κ3) is 3.58. The van der Waals surface area contributed by atoms with Crippen molar-refractivity contribution >= 4 is 16.9 Å². The van der Waals surface area contributed by atoms with Gasteiger partial charge in [0, 0.05) is 31.5 Å². The van der Waals surface area contributed by atoms with Crippen LogP contribution in [-0.2, 0) is 0 Å². The predicted molar refractivity (Wildman–Crippen MR) is 92.5 cm³/mol. The summed E-state index contributed by atoms with van der Waals surface area (Å²) in [5.41, 5.74) is 2.89. The molecule has 3 rings (SSSR count). The number of aromatic nitrogens is 2. The van der Waals surface area contributed by atoms with Gasteiger partial charge in [-0.2, -0.15) is 0 Å². The number of rotatable bonds is 5. The lowest BCUT2D eigenvalue weighted by Crippen LogP contribution is -2.28. The van der Waals surface area contributed by atoms with Crippen molar-refractivity contribution in [1.82, 2.24) is 14.9 Å². The lowest BCUT2D eigenvalue weighted by molar-refractivity contribution is 0.0761. The summed E-state index contributed by atoms with van der Waals surface area (Å²) in [5, 5.41) is 10.2. The van der Waals surface area contributed by atoms with E-state index in [1.165, 1.54) is 0 Å². The first-order valence-corrected chi connectivity index (χ1v) is 7.84. The maximum absolute atomic E-state index is 12.5. The van der Waals surface area contributed by atoms with Crippen LogP contribution in [0.1, 0.15) is 28.4 Å². The molecular weight excluding hydrogens is 302 g/mol. The average Bonchev–Trinajstić information content (AvgIpc) is 2.65. The summed E-state index contributed by atoms with van der Waals surface area (Å²) in [6, 6.07) is 14.8. The maximum atomic E-state index is 12.5. The van der Waals surface area contributed by atoms with E-state index in [0.717, 1.165) is 11.1 Å². The number of nitrogens with zero attached hydrogens (tertiary/aromatic N) is 3. The van der Waals surface area contributed by atoms with Crippen LogP contribution >= 0.6 is 0 Å². The monoisotopic (exact) mass is 321 g/mol. The largest absolute Gasteiger partial charge is 0.388 e. The molecule has 122 valence electrons. The van der Waals surface area contributed by atoms with E-state index < -0.39 is 6.10 Å². The highest BCUT2D eigenvalue weighted by Gasteiger charge is 2.15. The molecule has 0 saturated heterocycles. The Morgan fingerprint density at radius 2 is 1.79 bits per heavy atom. The molecule has 0 spiro atoms. The third-order valence-electron chi connectivity index (χ3n) is 3.99. The van der Waals surface area contributed by atoms with Gasteiger partial charge in [-0.25, -0.2) is 0 Å². The first kappa shape index (κ1) is 16.1. The third-order valence-corrected chi connectivity index (χ3v) is 3.99. The highest BCUT2D eigenvalue weighted by Crippen LogP contribution is 2.17. The molecule has 0 bridgehead atoms. The summed E-state index contributed by atoms with van der Waals surface area (Å²) < 4.78 is 0. The molecule has 1 N–H and O–H groups in total. The van der Waals surface area contributed by atoms with Crippen molar-refractivity contribution in [3.63, 3.8) is 0 Å². The first-order chi connectivity index (χ1) is 11.6. The summed E-state index contributed by atoms with van der Waals surface area (Å²) in [5.74, 6) is -0.0946. The molecule has 1 heterocycles. The van der Waals surface area contributed by atoms with Crippen LogP contribution in [0.15, 0.2) is 60.9 Å². The Balaban J connectivity index is 1.65. The molecule has 0 saturated carbocycles. The van der Waals surface area contributed by atoms with Gasteiger partial charge in [0.1, 0.15) is 0 Å². The number of carbonyl (C=O) groups excluding carboxylic acids is 1. The topological polar surface area (TPSA) is 66.3 Å². The van der Waals surface area contributed by atoms with E-state index in [1.54, 1.807) is 42.5 Å². The van der Waals surface area contributed by atoms with Crippen LogP contribution in [0.5, 0.6) is 0 Å². The molecule has 3 aromatic rings. The van der Waals surface area contributed by atoms with Crippen molar-refractivity contribution in [2.45, 2.75) is 12.5 Å². The predicted octanol–water partition coefficient (Wildman–Crippen LogP) is 2.83. The number of fused-ring (bicyclic) bond motifs is 1. The lowest BCUT2D eigenvalue weighted by atomic mass is 10.1. The second kappa shape index (κ2) is 7.19. The minimum atomic E-state index is -0.580. The zero-order valence-electron chi connectivity index (χ0n) is 13.5. The van der Waals surface area contributed by atoms with Crippen molar-refractivity contribution in [2.24, 2.45) is 0 Å². The van der Waals surface area contributed by atoms with Gasteiger partial charge in [-0.15, -0.1) is 0 Å². The molecular formula is C19H19N3O2. The lowest BCUT2D eigenvalue weighted by Gasteiger charge is -2.19. The number of aliphatic hydroxyl groups excluding tert-OH is 1. The van der Waals surface area contributed by atoms with Crippen molar-refractivity contribution in [2.75, 3.05) is 13.6 Å². The van der Waals surface area contributed by atoms with E-state index >= 15 is 0 Å². The molecule has 5 heteroatoms. The number of hydrogen-bond acceptors (Lipinski definition) is 4. The standard InChI is InChI=1S/C19H19N3O2/c1-22(12-9-18(23)14-5-3-2-4-6-14)19(24)15-7-8-16-17(13-15)21-11-10-20-16/h2-8,10-11,13,18,23H,9,12H2,1H3. The molecule has 1 unspecified atom stereocenters. The van der Waals surface area contributed by atoms with Crippen LogP contribution in [0.4, 0.5) is 0 Å². The zero-order valence-corrected chi connectivity index (χ0v) is 13.5. The molecule has 1 amide bonds. The summed E-state index contributed by atoms with van der Waals surface area (Å²) in [6.45, 7) is 0.466. The minimum absolute atomic E-state index is 0.0946. The molecule has 0 aliphatic heterocycles. The van der Waals surface area contributed by atoms with Crippen LogP contribution in [0.3, 0.4) is 0 Å². The van der Waals surface area contributed by atoms with Crippen LogP contribution in [0.25, 0.3) is 11.0 Å². The Morgan fingerprint density at radius 3 is 2.54 bits per heavy atom. The van der Waals surface area contributed by atoms with Crippen molar-refractivity contribution in [3.05, 3.63) is 72.1 Å². The highest BCUT2D eigenvalue weighted by molar-refractivity contribution is 5.97. The SMILES string of the molecule is CN(CCC(O)c1ccccc1)C(=O)c1ccc2nccnc2c1. The number of hydrogen-bond donors (Lipinski definition) is 1. The highest BCUT2D eigenvalue weighted by atomic mass is 16.3. The molecule has 0 radical (unpaired) electrons. The number of carbonyl (C=O) groups is 1. The summed E-state index contributed by atoms with van der Waals surface area (Å²) >= 11 is 0. The molecule has 1 atom stereocenters. The fourth-order valence-electron chi connectivity index (χ4n) is 2.58. The van der Waals surface area contributed by atoms with Gasteiger partial charge >= 0.3 is 0 Å². The molecule has 5 nitrogen and oxygen atoms in total. The van der Waals surface area contributed by atoms with Gasteiger partial charge in [0.15, 0.2) is 0 Å². The molecule has 1 aromatic heterocycles. The Bertz CT molecular complexity index is 836. The molecule has 0 fully saturated rings. The Morgan fingerprint density at radius 1 is 1.08 bits per heavy atom. The average molecular weight is 321 g/mol. The second-order valence-corrected chi connectivity index (χ2v) is 5.70. The molecule has 0 aliphatic carbocycles. The smallest absolute Gasteiger partial charge is 0.253 e. The van der Waals surface area contributed by atoms with Crippen molar-refractivity contribution < 1.29 is 9.90 Å². The fraction of sp³-hybridized carbons (Fsp3) is 0.211. The Kier molecular flexibility index (Phi) is 4.82. The first-order valence-electron chi connectivity index (χ1n) is 7.84. The van der Waals surface area contributed by atoms with Crippen molar-refractivity contribution in [3.8, 4) is 0 Å². The van der Waals surface area contributed by atoms with E-state index in [4.69, 9.17) is 0 Å². The number of amides is 1. The van der Waals surface area contributed by atoms with E-state index in [-0.39, 0.29) is 5.91 Å². The van der Waals surface area contributed by atoms with Gasteiger partial charge in [0.25, 0.3) is 5.91 Å². The summed E-state index contributed by atoms with van der Waals surface area (Å²) in [7, 11) is 1.74. The quantitative estimate of drug-likeness (QED) is 0.785. The van der Waals surface area contributed by atoms with Gasteiger partial charge in [-0.05, 0) is 30.2 Å². The van der Waals surface area contributed by atoms with Crippen LogP contribution in [0, 0.1) is 0 Å². The van der Waals surface area contributed by atoms with Crippen molar-refractivity contribution in [1.29, 1.82) is 0 Å². The molecule has 2 aromatic carbocycles. The van der Waals surface area contributed by atoms with Gasteiger partial charge in [-0.1, -0.05) is 30.3 Å². The van der Waals surface area contributed by atoms with E-state index in [9.17, 15) is 9.90 Å². The van der Waals surface area contributed by atoms with Crippen LogP contribution < -0.4 is 0 Å². The maximum Gasteiger partial charge on any atom is 0.253 e. The van der Waals surface area contributed by atoms with Crippen LogP contribution in [0.2, 0.25) is 0 Å².